The molecule has 23 heavy (non-hydrogen) atoms. The lowest BCUT2D eigenvalue weighted by Gasteiger charge is -2.31. The van der Waals surface area contributed by atoms with Crippen LogP contribution in [0.15, 0.2) is 37.1 Å². The fourth-order valence-corrected chi connectivity index (χ4v) is 3.27. The van der Waals surface area contributed by atoms with Crippen LogP contribution < -0.4 is 5.32 Å². The Hall–Kier alpha value is -2.36. The van der Waals surface area contributed by atoms with Gasteiger partial charge in [-0.05, 0) is 43.4 Å². The second-order valence-corrected chi connectivity index (χ2v) is 6.25. The molecule has 0 radical (unpaired) electrons. The lowest BCUT2D eigenvalue weighted by atomic mass is 10.0. The maximum absolute atomic E-state index is 12.7. The molecule has 0 aromatic heterocycles. The Balaban J connectivity index is 1.88. The number of benzene rings is 1. The second kappa shape index (κ2) is 6.03. The van der Waals surface area contributed by atoms with Crippen LogP contribution in [0.4, 0.5) is 0 Å². The van der Waals surface area contributed by atoms with Gasteiger partial charge in [-0.25, -0.2) is 0 Å². The maximum Gasteiger partial charge on any atom is 0.259 e. The largest absolute Gasteiger partial charge is 0.329 e. The van der Waals surface area contributed by atoms with Crippen LogP contribution in [0.2, 0.25) is 0 Å². The van der Waals surface area contributed by atoms with Crippen molar-refractivity contribution in [2.75, 3.05) is 0 Å². The fraction of sp³-hybridized carbons (Fsp3) is 0.368. The number of unbranched alkanes of at least 4 members (excludes halogenated alkanes) is 1. The third-order valence-electron chi connectivity index (χ3n) is 4.59. The van der Waals surface area contributed by atoms with E-state index in [2.05, 4.69) is 25.4 Å². The summed E-state index contributed by atoms with van der Waals surface area (Å²) in [6, 6.07) is 5.43. The summed E-state index contributed by atoms with van der Waals surface area (Å²) in [4.78, 5) is 26.5. The van der Waals surface area contributed by atoms with Crippen molar-refractivity contribution in [1.82, 2.24) is 10.2 Å². The van der Waals surface area contributed by atoms with Crippen LogP contribution in [0, 0.1) is 0 Å². The molecule has 2 amide bonds. The minimum atomic E-state index is -0.494. The van der Waals surface area contributed by atoms with E-state index in [1.54, 1.807) is 4.90 Å². The van der Waals surface area contributed by atoms with Crippen LogP contribution in [0.25, 0.3) is 5.70 Å². The molecule has 2 heterocycles. The van der Waals surface area contributed by atoms with Crippen molar-refractivity contribution in [3.05, 3.63) is 53.7 Å². The number of amides is 2. The number of fused-ring (bicyclic) bond motifs is 1. The third kappa shape index (κ3) is 2.69. The minimum Gasteiger partial charge on any atom is -0.329 e. The number of allylic oxidation sites excluding steroid dienone is 1. The van der Waals surface area contributed by atoms with Gasteiger partial charge in [0, 0.05) is 22.5 Å². The van der Waals surface area contributed by atoms with E-state index in [1.807, 2.05) is 18.2 Å². The molecule has 2 aliphatic rings. The summed E-state index contributed by atoms with van der Waals surface area (Å²) in [5.74, 6) is -0.297. The van der Waals surface area contributed by atoms with Crippen molar-refractivity contribution in [3.63, 3.8) is 0 Å². The number of hydrogen-bond acceptors (Lipinski definition) is 2. The Morgan fingerprint density at radius 2 is 2.04 bits per heavy atom. The highest BCUT2D eigenvalue weighted by molar-refractivity contribution is 6.11. The average Bonchev–Trinajstić information content (AvgIpc) is 2.77. The molecule has 0 aliphatic carbocycles. The molecule has 120 valence electrons. The van der Waals surface area contributed by atoms with Crippen LogP contribution in [0.3, 0.4) is 0 Å². The molecule has 1 unspecified atom stereocenters. The molecule has 0 spiro atoms. The SMILES string of the molecule is C=C1CCC(N2C(=C)c3cc(CCCC)ccc3C2=O)C(=O)N1. The van der Waals surface area contributed by atoms with Gasteiger partial charge in [-0.15, -0.1) is 0 Å². The van der Waals surface area contributed by atoms with Gasteiger partial charge in [0.1, 0.15) is 6.04 Å². The number of carbonyl (C=O) groups is 2. The van der Waals surface area contributed by atoms with E-state index in [1.165, 1.54) is 5.56 Å². The Morgan fingerprint density at radius 1 is 1.26 bits per heavy atom. The van der Waals surface area contributed by atoms with Crippen LogP contribution in [0.1, 0.15) is 54.1 Å². The number of nitrogens with zero attached hydrogens (tertiary/aromatic N) is 1. The number of aryl methyl sites for hydroxylation is 1. The topological polar surface area (TPSA) is 49.4 Å². The molecule has 4 nitrogen and oxygen atoms in total. The van der Waals surface area contributed by atoms with Crippen molar-refractivity contribution in [1.29, 1.82) is 0 Å². The van der Waals surface area contributed by atoms with Gasteiger partial charge in [-0.1, -0.05) is 32.6 Å². The van der Waals surface area contributed by atoms with Crippen LogP contribution in [-0.2, 0) is 11.2 Å². The average molecular weight is 310 g/mol. The van der Waals surface area contributed by atoms with Crippen LogP contribution in [0.5, 0.6) is 0 Å². The third-order valence-corrected chi connectivity index (χ3v) is 4.59. The molecule has 1 aromatic carbocycles. The summed E-state index contributed by atoms with van der Waals surface area (Å²) < 4.78 is 0. The Kier molecular flexibility index (Phi) is 4.07. The molecule has 1 N–H and O–H groups in total. The Labute approximate surface area is 136 Å². The Bertz CT molecular complexity index is 705. The zero-order chi connectivity index (χ0) is 16.6. The van der Waals surface area contributed by atoms with Crippen LogP contribution >= 0.6 is 0 Å². The molecule has 2 aliphatic heterocycles. The van der Waals surface area contributed by atoms with E-state index >= 15 is 0 Å². The quantitative estimate of drug-likeness (QED) is 0.928. The van der Waals surface area contributed by atoms with E-state index in [4.69, 9.17) is 0 Å². The van der Waals surface area contributed by atoms with E-state index in [-0.39, 0.29) is 11.8 Å². The van der Waals surface area contributed by atoms with Gasteiger partial charge in [0.15, 0.2) is 0 Å². The van der Waals surface area contributed by atoms with Crippen molar-refractivity contribution in [2.24, 2.45) is 0 Å². The van der Waals surface area contributed by atoms with E-state index in [9.17, 15) is 9.59 Å². The maximum atomic E-state index is 12.7. The van der Waals surface area contributed by atoms with Crippen molar-refractivity contribution in [2.45, 2.75) is 45.1 Å². The van der Waals surface area contributed by atoms with Crippen molar-refractivity contribution >= 4 is 17.5 Å². The van der Waals surface area contributed by atoms with Gasteiger partial charge < -0.3 is 5.32 Å². The molecule has 4 heteroatoms. The number of rotatable bonds is 4. The molecular weight excluding hydrogens is 288 g/mol. The van der Waals surface area contributed by atoms with Crippen molar-refractivity contribution in [3.8, 4) is 0 Å². The van der Waals surface area contributed by atoms with E-state index in [0.29, 0.717) is 29.8 Å². The Morgan fingerprint density at radius 3 is 2.74 bits per heavy atom. The lowest BCUT2D eigenvalue weighted by Crippen LogP contribution is -2.49. The van der Waals surface area contributed by atoms with Gasteiger partial charge in [-0.3, -0.25) is 14.5 Å². The summed E-state index contributed by atoms with van der Waals surface area (Å²) in [5, 5.41) is 2.74. The van der Waals surface area contributed by atoms with Gasteiger partial charge in [0.2, 0.25) is 5.91 Å². The van der Waals surface area contributed by atoms with Gasteiger partial charge in [0.25, 0.3) is 5.91 Å². The normalized spacial score (nSPS) is 20.7. The molecule has 1 aromatic rings. The number of nitrogens with one attached hydrogen (secondary N) is 1. The molecular formula is C19H22N2O2. The first-order valence-corrected chi connectivity index (χ1v) is 8.17. The fourth-order valence-electron chi connectivity index (χ4n) is 3.27. The summed E-state index contributed by atoms with van der Waals surface area (Å²) in [7, 11) is 0. The minimum absolute atomic E-state index is 0.125. The number of carbonyl (C=O) groups excluding carboxylic acids is 2. The second-order valence-electron chi connectivity index (χ2n) is 6.25. The summed E-state index contributed by atoms with van der Waals surface area (Å²) in [6.07, 6.45) is 4.53. The highest BCUT2D eigenvalue weighted by Crippen LogP contribution is 2.36. The first kappa shape index (κ1) is 15.5. The zero-order valence-electron chi connectivity index (χ0n) is 13.5. The standard InChI is InChI=1S/C19H22N2O2/c1-4-5-6-14-8-9-15-16(11-14)13(3)21(19(15)23)17-10-7-12(2)20-18(17)22/h8-9,11,17H,2-7,10H2,1H3,(H,20,22). The lowest BCUT2D eigenvalue weighted by molar-refractivity contribution is -0.125. The molecule has 1 fully saturated rings. The smallest absolute Gasteiger partial charge is 0.259 e. The van der Waals surface area contributed by atoms with Crippen molar-refractivity contribution < 1.29 is 9.59 Å². The monoisotopic (exact) mass is 310 g/mol. The first-order valence-electron chi connectivity index (χ1n) is 8.17. The molecule has 1 atom stereocenters. The summed E-state index contributed by atoms with van der Waals surface area (Å²) in [6.45, 7) is 10.0. The van der Waals surface area contributed by atoms with Gasteiger partial charge in [0.05, 0.1) is 0 Å². The van der Waals surface area contributed by atoms with Crippen LogP contribution in [-0.4, -0.2) is 22.8 Å². The van der Waals surface area contributed by atoms with E-state index in [0.717, 1.165) is 24.8 Å². The molecule has 0 saturated carbocycles. The summed E-state index contributed by atoms with van der Waals surface area (Å²) >= 11 is 0. The van der Waals surface area contributed by atoms with Gasteiger partial charge >= 0.3 is 0 Å². The van der Waals surface area contributed by atoms with Gasteiger partial charge in [-0.2, -0.15) is 0 Å². The zero-order valence-corrected chi connectivity index (χ0v) is 13.5. The first-order chi connectivity index (χ1) is 11.0. The number of piperidine rings is 1. The molecule has 1 saturated heterocycles. The predicted octanol–water partition coefficient (Wildman–Crippen LogP) is 3.25. The predicted molar refractivity (Wildman–Crippen MR) is 90.6 cm³/mol. The number of hydrogen-bond donors (Lipinski definition) is 1. The molecule has 0 bridgehead atoms. The summed E-state index contributed by atoms with van der Waals surface area (Å²) in [5.41, 5.74) is 4.06. The molecule has 3 rings (SSSR count). The van der Waals surface area contributed by atoms with E-state index < -0.39 is 6.04 Å². The highest BCUT2D eigenvalue weighted by atomic mass is 16.2. The highest BCUT2D eigenvalue weighted by Gasteiger charge is 2.40.